The molecule has 18 heavy (non-hydrogen) atoms. The van der Waals surface area contributed by atoms with Crippen LogP contribution in [-0.4, -0.2) is 5.91 Å². The summed E-state index contributed by atoms with van der Waals surface area (Å²) in [4.78, 5) is 12.0. The van der Waals surface area contributed by atoms with E-state index in [2.05, 4.69) is 13.0 Å². The SMILES string of the molecule is CCC1C(=C(Cl)Cl)C(C)(C(N)=O)C2C=CC=CC12. The second-order valence-electron chi connectivity index (χ2n) is 5.13. The second kappa shape index (κ2) is 4.75. The standard InChI is InChI=1S/C14H17Cl2NO/c1-3-8-9-6-4-5-7-10(9)14(2,13(17)18)11(8)12(15)16/h4-10H,3H2,1-2H3,(H2,17,18). The van der Waals surface area contributed by atoms with Gasteiger partial charge >= 0.3 is 0 Å². The predicted molar refractivity (Wildman–Crippen MR) is 75.1 cm³/mol. The van der Waals surface area contributed by atoms with E-state index in [9.17, 15) is 4.79 Å². The van der Waals surface area contributed by atoms with Crippen molar-refractivity contribution in [1.29, 1.82) is 0 Å². The van der Waals surface area contributed by atoms with Crippen LogP contribution in [0.2, 0.25) is 0 Å². The fourth-order valence-corrected chi connectivity index (χ4v) is 4.13. The predicted octanol–water partition coefficient (Wildman–Crippen LogP) is 3.57. The molecule has 4 atom stereocenters. The highest BCUT2D eigenvalue weighted by Gasteiger charge is 2.56. The van der Waals surface area contributed by atoms with Crippen LogP contribution >= 0.6 is 23.2 Å². The summed E-state index contributed by atoms with van der Waals surface area (Å²) in [7, 11) is 0. The third-order valence-corrected chi connectivity index (χ3v) is 4.80. The van der Waals surface area contributed by atoms with Crippen LogP contribution in [0.15, 0.2) is 34.4 Å². The average molecular weight is 286 g/mol. The molecule has 0 heterocycles. The monoisotopic (exact) mass is 285 g/mol. The molecule has 1 saturated carbocycles. The highest BCUT2D eigenvalue weighted by Crippen LogP contribution is 2.58. The van der Waals surface area contributed by atoms with E-state index >= 15 is 0 Å². The molecule has 0 aromatic rings. The maximum Gasteiger partial charge on any atom is 0.228 e. The van der Waals surface area contributed by atoms with E-state index in [0.717, 1.165) is 12.0 Å². The zero-order chi connectivity index (χ0) is 13.5. The van der Waals surface area contributed by atoms with Gasteiger partial charge in [-0.15, -0.1) is 0 Å². The van der Waals surface area contributed by atoms with Crippen molar-refractivity contribution < 1.29 is 4.79 Å². The zero-order valence-corrected chi connectivity index (χ0v) is 12.0. The normalized spacial score (nSPS) is 37.8. The molecule has 2 aliphatic carbocycles. The van der Waals surface area contributed by atoms with Crippen molar-refractivity contribution in [3.05, 3.63) is 34.4 Å². The van der Waals surface area contributed by atoms with Crippen molar-refractivity contribution >= 4 is 29.1 Å². The van der Waals surface area contributed by atoms with E-state index in [0.29, 0.717) is 0 Å². The third kappa shape index (κ3) is 1.74. The molecule has 0 spiro atoms. The quantitative estimate of drug-likeness (QED) is 0.828. The van der Waals surface area contributed by atoms with E-state index in [1.165, 1.54) is 0 Å². The molecule has 0 radical (unpaired) electrons. The summed E-state index contributed by atoms with van der Waals surface area (Å²) in [6.45, 7) is 3.93. The molecule has 2 N–H and O–H groups in total. The Kier molecular flexibility index (Phi) is 3.61. The van der Waals surface area contributed by atoms with Crippen LogP contribution in [0.5, 0.6) is 0 Å². The molecule has 2 aliphatic rings. The Morgan fingerprint density at radius 2 is 2.00 bits per heavy atom. The molecule has 4 heteroatoms. The topological polar surface area (TPSA) is 43.1 Å². The third-order valence-electron chi connectivity index (χ3n) is 4.39. The summed E-state index contributed by atoms with van der Waals surface area (Å²) in [5, 5.41) is 0. The minimum atomic E-state index is -0.786. The van der Waals surface area contributed by atoms with Crippen LogP contribution in [-0.2, 0) is 4.79 Å². The number of primary amides is 1. The molecule has 2 rings (SSSR count). The number of hydrogen-bond donors (Lipinski definition) is 1. The van der Waals surface area contributed by atoms with Gasteiger partial charge in [0.1, 0.15) is 4.49 Å². The first-order chi connectivity index (χ1) is 8.44. The molecule has 1 amide bonds. The van der Waals surface area contributed by atoms with Crippen molar-refractivity contribution in [3.8, 4) is 0 Å². The minimum Gasteiger partial charge on any atom is -0.369 e. The van der Waals surface area contributed by atoms with Crippen molar-refractivity contribution in [1.82, 2.24) is 0 Å². The smallest absolute Gasteiger partial charge is 0.228 e. The van der Waals surface area contributed by atoms with E-state index < -0.39 is 5.41 Å². The number of allylic oxidation sites excluding steroid dienone is 4. The van der Waals surface area contributed by atoms with Gasteiger partial charge in [-0.3, -0.25) is 4.79 Å². The summed E-state index contributed by atoms with van der Waals surface area (Å²) in [6.07, 6.45) is 9.03. The van der Waals surface area contributed by atoms with Crippen LogP contribution in [0.4, 0.5) is 0 Å². The summed E-state index contributed by atoms with van der Waals surface area (Å²) in [5.74, 6) is 0.119. The lowest BCUT2D eigenvalue weighted by Gasteiger charge is -2.30. The van der Waals surface area contributed by atoms with Gasteiger partial charge in [0.25, 0.3) is 0 Å². The summed E-state index contributed by atoms with van der Waals surface area (Å²) in [5.41, 5.74) is 5.65. The van der Waals surface area contributed by atoms with Gasteiger partial charge in [-0.05, 0) is 30.8 Å². The highest BCUT2D eigenvalue weighted by atomic mass is 35.5. The molecular formula is C14H17Cl2NO. The number of carbonyl (C=O) groups is 1. The summed E-state index contributed by atoms with van der Waals surface area (Å²) >= 11 is 12.1. The Labute approximate surface area is 118 Å². The number of nitrogens with two attached hydrogens (primary N) is 1. The number of hydrogen-bond acceptors (Lipinski definition) is 1. The molecule has 1 fully saturated rings. The van der Waals surface area contributed by atoms with Gasteiger partial charge in [-0.25, -0.2) is 0 Å². The number of rotatable bonds is 2. The lowest BCUT2D eigenvalue weighted by Crippen LogP contribution is -2.39. The number of amides is 1. The Balaban J connectivity index is 2.63. The van der Waals surface area contributed by atoms with Crippen LogP contribution < -0.4 is 5.73 Å². The maximum absolute atomic E-state index is 12.0. The Bertz CT molecular complexity index is 462. The molecule has 2 nitrogen and oxygen atoms in total. The van der Waals surface area contributed by atoms with E-state index in [1.54, 1.807) is 0 Å². The molecule has 0 bridgehead atoms. The van der Waals surface area contributed by atoms with E-state index in [1.807, 2.05) is 25.2 Å². The van der Waals surface area contributed by atoms with Gasteiger partial charge in [0, 0.05) is 5.92 Å². The van der Waals surface area contributed by atoms with Gasteiger partial charge in [0.15, 0.2) is 0 Å². The summed E-state index contributed by atoms with van der Waals surface area (Å²) < 4.78 is 0.194. The number of fused-ring (bicyclic) bond motifs is 1. The number of carbonyl (C=O) groups excluding carboxylic acids is 1. The number of halogens is 2. The van der Waals surface area contributed by atoms with Crippen LogP contribution in [0.25, 0.3) is 0 Å². The van der Waals surface area contributed by atoms with Crippen LogP contribution in [0.1, 0.15) is 20.3 Å². The van der Waals surface area contributed by atoms with E-state index in [4.69, 9.17) is 28.9 Å². The largest absolute Gasteiger partial charge is 0.369 e. The van der Waals surface area contributed by atoms with Crippen molar-refractivity contribution in [3.63, 3.8) is 0 Å². The second-order valence-corrected chi connectivity index (χ2v) is 6.08. The minimum absolute atomic E-state index is 0.0486. The van der Waals surface area contributed by atoms with Gasteiger partial charge in [-0.1, -0.05) is 54.4 Å². The molecule has 98 valence electrons. The van der Waals surface area contributed by atoms with Gasteiger partial charge < -0.3 is 5.73 Å². The van der Waals surface area contributed by atoms with Crippen LogP contribution in [0.3, 0.4) is 0 Å². The van der Waals surface area contributed by atoms with Gasteiger partial charge in [-0.2, -0.15) is 0 Å². The Hall–Kier alpha value is -0.730. The lowest BCUT2D eigenvalue weighted by molar-refractivity contribution is -0.126. The Morgan fingerprint density at radius 1 is 1.39 bits per heavy atom. The van der Waals surface area contributed by atoms with E-state index in [-0.39, 0.29) is 28.2 Å². The zero-order valence-electron chi connectivity index (χ0n) is 10.5. The maximum atomic E-state index is 12.0. The Morgan fingerprint density at radius 3 is 2.50 bits per heavy atom. The fourth-order valence-electron chi connectivity index (χ4n) is 3.45. The molecule has 0 saturated heterocycles. The van der Waals surface area contributed by atoms with Gasteiger partial charge in [0.2, 0.25) is 5.91 Å². The fraction of sp³-hybridized carbons (Fsp3) is 0.500. The van der Waals surface area contributed by atoms with Crippen molar-refractivity contribution in [2.75, 3.05) is 0 Å². The van der Waals surface area contributed by atoms with Crippen molar-refractivity contribution in [2.24, 2.45) is 28.9 Å². The molecule has 0 aliphatic heterocycles. The first kappa shape index (κ1) is 13.7. The lowest BCUT2D eigenvalue weighted by atomic mass is 9.73. The first-order valence-electron chi connectivity index (χ1n) is 6.15. The molecule has 4 unspecified atom stereocenters. The first-order valence-corrected chi connectivity index (χ1v) is 6.90. The van der Waals surface area contributed by atoms with Crippen molar-refractivity contribution in [2.45, 2.75) is 20.3 Å². The molecule has 0 aromatic carbocycles. The van der Waals surface area contributed by atoms with Crippen LogP contribution in [0, 0.1) is 23.2 Å². The highest BCUT2D eigenvalue weighted by molar-refractivity contribution is 6.56. The summed E-state index contributed by atoms with van der Waals surface area (Å²) in [6, 6.07) is 0. The average Bonchev–Trinajstić information content (AvgIpc) is 2.60. The molecular weight excluding hydrogens is 269 g/mol. The molecule has 0 aromatic heterocycles. The van der Waals surface area contributed by atoms with Gasteiger partial charge in [0.05, 0.1) is 5.41 Å².